The number of ether oxygens (including phenoxy) is 1. The van der Waals surface area contributed by atoms with Crippen LogP contribution in [-0.2, 0) is 0 Å². The number of nitrogens with zero attached hydrogens (tertiary/aromatic N) is 4. The van der Waals surface area contributed by atoms with E-state index in [-0.39, 0.29) is 11.9 Å². The predicted molar refractivity (Wildman–Crippen MR) is 144 cm³/mol. The maximum Gasteiger partial charge on any atom is 0.181 e. The molecule has 9 heteroatoms. The molecule has 0 saturated carbocycles. The van der Waals surface area contributed by atoms with Gasteiger partial charge in [0.15, 0.2) is 5.65 Å². The monoisotopic (exact) mass is 505 g/mol. The quantitative estimate of drug-likeness (QED) is 0.286. The summed E-state index contributed by atoms with van der Waals surface area (Å²) in [4.78, 5) is 16.8. The molecule has 8 nitrogen and oxygen atoms in total. The summed E-state index contributed by atoms with van der Waals surface area (Å²) in [5.74, 6) is 0.475. The number of fused-ring (bicyclic) bond motifs is 2. The van der Waals surface area contributed by atoms with Crippen LogP contribution in [0.1, 0.15) is 12.8 Å². The lowest BCUT2D eigenvalue weighted by Crippen LogP contribution is -2.34. The van der Waals surface area contributed by atoms with Gasteiger partial charge >= 0.3 is 0 Å². The standard InChI is InChI=1S/C29H24FN7O/c30-20-3-1-2-17(8-20)25-15-33-16-27-23(25)11-26(35-27)28-24-10-19(13-34-29(24)37-36-28)18-9-22(14-32-12-18)38-21-4-6-31-7-5-21/h1-3,8-16,21,31,35H,4-7H2,(H,34,36,37). The molecule has 5 aromatic heterocycles. The fourth-order valence-electron chi connectivity index (χ4n) is 5.08. The second-order valence-corrected chi connectivity index (χ2v) is 9.51. The SMILES string of the molecule is Fc1cccc(-c2cncc3[nH]c(-c4[nH]nc5ncc(-c6cncc(OC7CCNCC7)c6)cc45)cc23)c1. The molecule has 1 aromatic carbocycles. The fourth-order valence-corrected chi connectivity index (χ4v) is 5.08. The van der Waals surface area contributed by atoms with Gasteiger partial charge in [-0.25, -0.2) is 9.37 Å². The normalized spacial score (nSPS) is 14.3. The Labute approximate surface area is 217 Å². The van der Waals surface area contributed by atoms with Gasteiger partial charge in [0.1, 0.15) is 17.7 Å². The van der Waals surface area contributed by atoms with Gasteiger partial charge < -0.3 is 15.0 Å². The molecular weight excluding hydrogens is 481 g/mol. The van der Waals surface area contributed by atoms with E-state index in [1.54, 1.807) is 30.9 Å². The van der Waals surface area contributed by atoms with E-state index in [0.29, 0.717) is 5.65 Å². The zero-order valence-electron chi connectivity index (χ0n) is 20.4. The molecule has 188 valence electrons. The van der Waals surface area contributed by atoms with E-state index >= 15 is 0 Å². The zero-order valence-corrected chi connectivity index (χ0v) is 20.4. The second-order valence-electron chi connectivity index (χ2n) is 9.51. The van der Waals surface area contributed by atoms with Crippen molar-refractivity contribution in [2.75, 3.05) is 13.1 Å². The molecule has 0 atom stereocenters. The smallest absolute Gasteiger partial charge is 0.181 e. The average Bonchev–Trinajstić information content (AvgIpc) is 3.57. The molecule has 0 radical (unpaired) electrons. The molecule has 6 heterocycles. The van der Waals surface area contributed by atoms with Crippen molar-refractivity contribution in [3.05, 3.63) is 79.3 Å². The van der Waals surface area contributed by atoms with Crippen LogP contribution in [0.2, 0.25) is 0 Å². The third kappa shape index (κ3) is 4.16. The highest BCUT2D eigenvalue weighted by atomic mass is 19.1. The number of rotatable bonds is 5. The minimum absolute atomic E-state index is 0.197. The molecule has 1 saturated heterocycles. The van der Waals surface area contributed by atoms with Crippen LogP contribution in [0, 0.1) is 5.82 Å². The highest BCUT2D eigenvalue weighted by Gasteiger charge is 2.17. The van der Waals surface area contributed by atoms with Gasteiger partial charge in [0.25, 0.3) is 0 Å². The lowest BCUT2D eigenvalue weighted by Gasteiger charge is -2.23. The van der Waals surface area contributed by atoms with Crippen molar-refractivity contribution in [2.45, 2.75) is 18.9 Å². The Morgan fingerprint density at radius 2 is 1.71 bits per heavy atom. The predicted octanol–water partition coefficient (Wildman–Crippen LogP) is 5.50. The van der Waals surface area contributed by atoms with Crippen molar-refractivity contribution in [2.24, 2.45) is 0 Å². The largest absolute Gasteiger partial charge is 0.489 e. The first kappa shape index (κ1) is 22.6. The number of halogens is 1. The first-order valence-corrected chi connectivity index (χ1v) is 12.6. The van der Waals surface area contributed by atoms with E-state index in [0.717, 1.165) is 81.6 Å². The molecule has 0 aliphatic carbocycles. The van der Waals surface area contributed by atoms with Crippen molar-refractivity contribution in [1.82, 2.24) is 35.5 Å². The average molecular weight is 506 g/mol. The Hall–Kier alpha value is -4.63. The molecule has 0 bridgehead atoms. The molecule has 1 aliphatic rings. The minimum Gasteiger partial charge on any atom is -0.489 e. The summed E-state index contributed by atoms with van der Waals surface area (Å²) in [6, 6.07) is 12.6. The van der Waals surface area contributed by atoms with Crippen LogP contribution in [0.4, 0.5) is 4.39 Å². The summed E-state index contributed by atoms with van der Waals surface area (Å²) < 4.78 is 20.1. The van der Waals surface area contributed by atoms with E-state index in [1.807, 2.05) is 24.4 Å². The maximum absolute atomic E-state index is 13.9. The number of aromatic nitrogens is 6. The molecule has 6 aromatic rings. The number of nitrogens with one attached hydrogen (secondary N) is 3. The summed E-state index contributed by atoms with van der Waals surface area (Å²) >= 11 is 0. The maximum atomic E-state index is 13.9. The first-order chi connectivity index (χ1) is 18.7. The number of pyridine rings is 3. The number of benzene rings is 1. The summed E-state index contributed by atoms with van der Waals surface area (Å²) in [6.45, 7) is 1.93. The minimum atomic E-state index is -0.284. The van der Waals surface area contributed by atoms with E-state index in [9.17, 15) is 4.39 Å². The Morgan fingerprint density at radius 1 is 0.842 bits per heavy atom. The third-order valence-electron chi connectivity index (χ3n) is 7.00. The van der Waals surface area contributed by atoms with Gasteiger partial charge in [0.05, 0.1) is 29.3 Å². The van der Waals surface area contributed by atoms with Crippen LogP contribution in [0.5, 0.6) is 5.75 Å². The van der Waals surface area contributed by atoms with Gasteiger partial charge in [0.2, 0.25) is 0 Å². The van der Waals surface area contributed by atoms with Gasteiger partial charge in [-0.2, -0.15) is 5.10 Å². The van der Waals surface area contributed by atoms with Crippen LogP contribution < -0.4 is 10.1 Å². The molecule has 0 amide bonds. The van der Waals surface area contributed by atoms with Crippen LogP contribution in [0.15, 0.2) is 73.4 Å². The molecule has 1 fully saturated rings. The van der Waals surface area contributed by atoms with Crippen molar-refractivity contribution in [1.29, 1.82) is 0 Å². The van der Waals surface area contributed by atoms with Gasteiger partial charge in [0, 0.05) is 46.1 Å². The van der Waals surface area contributed by atoms with E-state index < -0.39 is 0 Å². The number of hydrogen-bond donors (Lipinski definition) is 3. The highest BCUT2D eigenvalue weighted by molar-refractivity contribution is 6.00. The number of aromatic amines is 2. The van der Waals surface area contributed by atoms with Crippen molar-refractivity contribution < 1.29 is 9.13 Å². The van der Waals surface area contributed by atoms with Crippen molar-refractivity contribution >= 4 is 21.9 Å². The lowest BCUT2D eigenvalue weighted by molar-refractivity contribution is 0.162. The molecular formula is C29H24FN7O. The van der Waals surface area contributed by atoms with Gasteiger partial charge in [-0.05, 0) is 61.8 Å². The molecule has 3 N–H and O–H groups in total. The number of H-pyrrole nitrogens is 2. The third-order valence-corrected chi connectivity index (χ3v) is 7.00. The van der Waals surface area contributed by atoms with Gasteiger partial charge in [-0.1, -0.05) is 12.1 Å². The van der Waals surface area contributed by atoms with E-state index in [4.69, 9.17) is 4.74 Å². The molecule has 1 aliphatic heterocycles. The van der Waals surface area contributed by atoms with Crippen LogP contribution in [0.3, 0.4) is 0 Å². The first-order valence-electron chi connectivity index (χ1n) is 12.6. The Bertz CT molecular complexity index is 1770. The summed E-state index contributed by atoms with van der Waals surface area (Å²) in [7, 11) is 0. The van der Waals surface area contributed by atoms with Gasteiger partial charge in [-0.3, -0.25) is 15.1 Å². The molecule has 0 unspecified atom stereocenters. The Morgan fingerprint density at radius 3 is 2.61 bits per heavy atom. The summed E-state index contributed by atoms with van der Waals surface area (Å²) in [5.41, 5.74) is 6.57. The van der Waals surface area contributed by atoms with E-state index in [2.05, 4.69) is 41.5 Å². The highest BCUT2D eigenvalue weighted by Crippen LogP contribution is 2.34. The van der Waals surface area contributed by atoms with Crippen LogP contribution >= 0.6 is 0 Å². The second kappa shape index (κ2) is 9.35. The van der Waals surface area contributed by atoms with Gasteiger partial charge in [-0.15, -0.1) is 0 Å². The van der Waals surface area contributed by atoms with Crippen LogP contribution in [0.25, 0.3) is 55.6 Å². The van der Waals surface area contributed by atoms with Crippen LogP contribution in [-0.4, -0.2) is 49.3 Å². The zero-order chi connectivity index (χ0) is 25.5. The molecule has 38 heavy (non-hydrogen) atoms. The Balaban J connectivity index is 1.26. The van der Waals surface area contributed by atoms with E-state index in [1.165, 1.54) is 12.1 Å². The van der Waals surface area contributed by atoms with Crippen molar-refractivity contribution in [3.63, 3.8) is 0 Å². The molecule has 0 spiro atoms. The number of hydrogen-bond acceptors (Lipinski definition) is 6. The number of piperidine rings is 1. The lowest BCUT2D eigenvalue weighted by atomic mass is 10.0. The Kier molecular flexibility index (Phi) is 5.55. The summed E-state index contributed by atoms with van der Waals surface area (Å²) in [6.07, 6.45) is 11.1. The van der Waals surface area contributed by atoms with Crippen molar-refractivity contribution in [3.8, 4) is 39.4 Å². The topological polar surface area (TPSA) is 104 Å². The molecule has 7 rings (SSSR count). The summed E-state index contributed by atoms with van der Waals surface area (Å²) in [5, 5.41) is 12.7. The fraction of sp³-hybridized carbons (Fsp3) is 0.172.